The summed E-state index contributed by atoms with van der Waals surface area (Å²) in [6.07, 6.45) is 1.48. The Kier molecular flexibility index (Phi) is 3.21. The highest BCUT2D eigenvalue weighted by molar-refractivity contribution is 5.33. The third-order valence-corrected chi connectivity index (χ3v) is 2.83. The molecule has 0 radical (unpaired) electrons. The van der Waals surface area contributed by atoms with Crippen molar-refractivity contribution in [3.05, 3.63) is 35.2 Å². The number of aromatic nitrogens is 4. The van der Waals surface area contributed by atoms with Crippen LogP contribution in [0.1, 0.15) is 22.8 Å². The molecule has 2 aromatic rings. The molecule has 17 heavy (non-hydrogen) atoms. The summed E-state index contributed by atoms with van der Waals surface area (Å²) in [5.41, 5.74) is 2.91. The van der Waals surface area contributed by atoms with Gasteiger partial charge in [0.15, 0.2) is 0 Å². The van der Waals surface area contributed by atoms with Crippen molar-refractivity contribution >= 4 is 0 Å². The monoisotopic (exact) mass is 230 g/mol. The van der Waals surface area contributed by atoms with Crippen LogP contribution in [0.15, 0.2) is 12.4 Å². The van der Waals surface area contributed by atoms with E-state index in [2.05, 4.69) is 26.6 Å². The zero-order valence-electron chi connectivity index (χ0n) is 9.86. The summed E-state index contributed by atoms with van der Waals surface area (Å²) >= 11 is 0. The lowest BCUT2D eigenvalue weighted by molar-refractivity contribution is 0.660. The molecule has 0 aliphatic rings. The minimum Gasteiger partial charge on any atom is -0.340 e. The lowest BCUT2D eigenvalue weighted by Gasteiger charge is -2.03. The standard InChI is InChI=1S/C11H14N6/c1-8-9(3-10(4-12)17(8)2)5-13-6-11-14-7-15-16-11/h3,7,13H,5-6H2,1-2H3,(H,14,15,16). The van der Waals surface area contributed by atoms with E-state index < -0.39 is 0 Å². The van der Waals surface area contributed by atoms with Crippen molar-refractivity contribution in [1.82, 2.24) is 25.1 Å². The third kappa shape index (κ3) is 2.34. The molecule has 0 aliphatic heterocycles. The van der Waals surface area contributed by atoms with Gasteiger partial charge >= 0.3 is 0 Å². The van der Waals surface area contributed by atoms with Crippen molar-refractivity contribution < 1.29 is 0 Å². The number of nitrogens with zero attached hydrogens (tertiary/aromatic N) is 4. The number of nitriles is 1. The zero-order valence-corrected chi connectivity index (χ0v) is 9.86. The first-order valence-corrected chi connectivity index (χ1v) is 5.32. The summed E-state index contributed by atoms with van der Waals surface area (Å²) in [6.45, 7) is 3.35. The minimum absolute atomic E-state index is 0.635. The van der Waals surface area contributed by atoms with Gasteiger partial charge in [-0.25, -0.2) is 4.98 Å². The lowest BCUT2D eigenvalue weighted by atomic mass is 10.2. The summed E-state index contributed by atoms with van der Waals surface area (Å²) < 4.78 is 1.89. The number of hydrogen-bond acceptors (Lipinski definition) is 4. The maximum absolute atomic E-state index is 8.92. The largest absolute Gasteiger partial charge is 0.340 e. The van der Waals surface area contributed by atoms with Crippen LogP contribution in [0.2, 0.25) is 0 Å². The van der Waals surface area contributed by atoms with Crippen LogP contribution in [-0.2, 0) is 20.1 Å². The zero-order chi connectivity index (χ0) is 12.3. The Bertz CT molecular complexity index is 531. The van der Waals surface area contributed by atoms with Gasteiger partial charge in [0.1, 0.15) is 23.9 Å². The topological polar surface area (TPSA) is 82.3 Å². The molecule has 0 aliphatic carbocycles. The van der Waals surface area contributed by atoms with Crippen molar-refractivity contribution in [2.75, 3.05) is 0 Å². The molecule has 2 aromatic heterocycles. The number of nitrogens with one attached hydrogen (secondary N) is 2. The second-order valence-corrected chi connectivity index (χ2v) is 3.85. The Morgan fingerprint density at radius 2 is 2.35 bits per heavy atom. The fourth-order valence-electron chi connectivity index (χ4n) is 1.68. The molecule has 0 atom stereocenters. The van der Waals surface area contributed by atoms with Gasteiger partial charge in [-0.3, -0.25) is 5.10 Å². The predicted octanol–water partition coefficient (Wildman–Crippen LogP) is 0.613. The average Bonchev–Trinajstić information content (AvgIpc) is 2.92. The van der Waals surface area contributed by atoms with E-state index in [1.54, 1.807) is 0 Å². The van der Waals surface area contributed by atoms with E-state index in [0.717, 1.165) is 17.1 Å². The Balaban J connectivity index is 1.98. The van der Waals surface area contributed by atoms with Crippen LogP contribution < -0.4 is 5.32 Å². The molecule has 2 N–H and O–H groups in total. The highest BCUT2D eigenvalue weighted by Gasteiger charge is 2.08. The summed E-state index contributed by atoms with van der Waals surface area (Å²) in [7, 11) is 1.90. The SMILES string of the molecule is Cc1c(CNCc2ncn[nH]2)cc(C#N)n1C. The van der Waals surface area contributed by atoms with Crippen molar-refractivity contribution in [2.24, 2.45) is 7.05 Å². The molecule has 2 heterocycles. The van der Waals surface area contributed by atoms with E-state index in [1.165, 1.54) is 6.33 Å². The van der Waals surface area contributed by atoms with Gasteiger partial charge in [0, 0.05) is 19.3 Å². The molecule has 0 unspecified atom stereocenters. The average molecular weight is 230 g/mol. The van der Waals surface area contributed by atoms with E-state index in [0.29, 0.717) is 18.8 Å². The highest BCUT2D eigenvalue weighted by atomic mass is 15.2. The van der Waals surface area contributed by atoms with Crippen molar-refractivity contribution in [3.63, 3.8) is 0 Å². The molecule has 6 nitrogen and oxygen atoms in total. The third-order valence-electron chi connectivity index (χ3n) is 2.83. The molecule has 0 saturated heterocycles. The Labute approximate surface area is 99.3 Å². The van der Waals surface area contributed by atoms with Crippen molar-refractivity contribution in [3.8, 4) is 6.07 Å². The molecule has 0 spiro atoms. The molecule has 2 rings (SSSR count). The second kappa shape index (κ2) is 4.80. The summed E-state index contributed by atoms with van der Waals surface area (Å²) in [4.78, 5) is 4.02. The van der Waals surface area contributed by atoms with Gasteiger partial charge < -0.3 is 9.88 Å². The molecule has 0 amide bonds. The van der Waals surface area contributed by atoms with Crippen LogP contribution in [0.3, 0.4) is 0 Å². The van der Waals surface area contributed by atoms with Gasteiger partial charge in [-0.1, -0.05) is 0 Å². The van der Waals surface area contributed by atoms with E-state index in [4.69, 9.17) is 5.26 Å². The van der Waals surface area contributed by atoms with Crippen LogP contribution in [0, 0.1) is 18.3 Å². The number of hydrogen-bond donors (Lipinski definition) is 2. The van der Waals surface area contributed by atoms with Gasteiger partial charge in [0.05, 0.1) is 6.54 Å². The molecular formula is C11H14N6. The second-order valence-electron chi connectivity index (χ2n) is 3.85. The number of H-pyrrole nitrogens is 1. The first-order chi connectivity index (χ1) is 8.22. The first-order valence-electron chi connectivity index (χ1n) is 5.32. The number of aromatic amines is 1. The lowest BCUT2D eigenvalue weighted by Crippen LogP contribution is -2.14. The maximum atomic E-state index is 8.92. The van der Waals surface area contributed by atoms with Gasteiger partial charge in [0.25, 0.3) is 0 Å². The fraction of sp³-hybridized carbons (Fsp3) is 0.364. The molecular weight excluding hydrogens is 216 g/mol. The van der Waals surface area contributed by atoms with E-state index >= 15 is 0 Å². The van der Waals surface area contributed by atoms with Crippen LogP contribution in [0.5, 0.6) is 0 Å². The molecule has 88 valence electrons. The highest BCUT2D eigenvalue weighted by Crippen LogP contribution is 2.12. The minimum atomic E-state index is 0.635. The number of rotatable bonds is 4. The molecule has 0 aromatic carbocycles. The molecule has 0 fully saturated rings. The quantitative estimate of drug-likeness (QED) is 0.806. The van der Waals surface area contributed by atoms with Gasteiger partial charge in [0.2, 0.25) is 0 Å². The van der Waals surface area contributed by atoms with Crippen LogP contribution >= 0.6 is 0 Å². The van der Waals surface area contributed by atoms with E-state index in [-0.39, 0.29) is 0 Å². The Morgan fingerprint density at radius 1 is 1.53 bits per heavy atom. The smallest absolute Gasteiger partial charge is 0.138 e. The molecule has 0 bridgehead atoms. The normalized spacial score (nSPS) is 10.4. The Morgan fingerprint density at radius 3 is 2.94 bits per heavy atom. The van der Waals surface area contributed by atoms with Crippen LogP contribution in [0.25, 0.3) is 0 Å². The fourth-order valence-corrected chi connectivity index (χ4v) is 1.68. The van der Waals surface area contributed by atoms with E-state index in [9.17, 15) is 0 Å². The predicted molar refractivity (Wildman–Crippen MR) is 61.8 cm³/mol. The summed E-state index contributed by atoms with van der Waals surface area (Å²) in [5, 5.41) is 18.7. The maximum Gasteiger partial charge on any atom is 0.138 e. The van der Waals surface area contributed by atoms with Crippen molar-refractivity contribution in [2.45, 2.75) is 20.0 Å². The molecule has 0 saturated carbocycles. The van der Waals surface area contributed by atoms with Crippen molar-refractivity contribution in [1.29, 1.82) is 5.26 Å². The molecule has 6 heteroatoms. The first kappa shape index (κ1) is 11.4. The summed E-state index contributed by atoms with van der Waals surface area (Å²) in [5.74, 6) is 0.805. The summed E-state index contributed by atoms with van der Waals surface area (Å²) in [6, 6.07) is 4.07. The van der Waals surface area contributed by atoms with Gasteiger partial charge in [-0.05, 0) is 18.6 Å². The van der Waals surface area contributed by atoms with Crippen LogP contribution in [0.4, 0.5) is 0 Å². The Hall–Kier alpha value is -2.13. The van der Waals surface area contributed by atoms with E-state index in [1.807, 2.05) is 24.6 Å². The van der Waals surface area contributed by atoms with Crippen LogP contribution in [-0.4, -0.2) is 19.7 Å². The van der Waals surface area contributed by atoms with Gasteiger partial charge in [-0.15, -0.1) is 0 Å². The van der Waals surface area contributed by atoms with Gasteiger partial charge in [-0.2, -0.15) is 10.4 Å².